The number of pyridine rings is 1. The molecule has 0 spiro atoms. The highest BCUT2D eigenvalue weighted by molar-refractivity contribution is 5.94. The Morgan fingerprint density at radius 2 is 2.26 bits per heavy atom. The van der Waals surface area contributed by atoms with Gasteiger partial charge in [-0.1, -0.05) is 0 Å². The largest absolute Gasteiger partial charge is 0.472 e. The molecular formula is C12H16F2N2O3. The average Bonchev–Trinajstić information content (AvgIpc) is 2.36. The van der Waals surface area contributed by atoms with E-state index in [0.717, 1.165) is 0 Å². The fourth-order valence-corrected chi connectivity index (χ4v) is 1.20. The Balaban J connectivity index is 2.73. The van der Waals surface area contributed by atoms with Gasteiger partial charge < -0.3 is 15.2 Å². The van der Waals surface area contributed by atoms with Gasteiger partial charge in [0.25, 0.3) is 12.3 Å². The molecule has 1 amide bonds. The van der Waals surface area contributed by atoms with Gasteiger partial charge in [-0.2, -0.15) is 0 Å². The van der Waals surface area contributed by atoms with Crippen LogP contribution < -0.4 is 10.1 Å². The van der Waals surface area contributed by atoms with E-state index in [1.807, 2.05) is 0 Å². The average molecular weight is 274 g/mol. The van der Waals surface area contributed by atoms with E-state index in [2.05, 4.69) is 10.3 Å². The summed E-state index contributed by atoms with van der Waals surface area (Å²) in [6.45, 7) is 2.30. The van der Waals surface area contributed by atoms with Gasteiger partial charge in [0.2, 0.25) is 5.88 Å². The number of aromatic nitrogens is 1. The minimum Gasteiger partial charge on any atom is -0.472 e. The Hall–Kier alpha value is -1.76. The molecule has 0 radical (unpaired) electrons. The summed E-state index contributed by atoms with van der Waals surface area (Å²) in [5.41, 5.74) is -0.551. The summed E-state index contributed by atoms with van der Waals surface area (Å²) in [7, 11) is 0. The number of aliphatic hydroxyl groups excluding tert-OH is 1. The van der Waals surface area contributed by atoms with E-state index in [-0.39, 0.29) is 18.1 Å². The Bertz CT molecular complexity index is 439. The van der Waals surface area contributed by atoms with Crippen LogP contribution in [0.1, 0.15) is 24.2 Å². The van der Waals surface area contributed by atoms with E-state index in [1.165, 1.54) is 18.3 Å². The first-order chi connectivity index (χ1) is 8.84. The van der Waals surface area contributed by atoms with Crippen LogP contribution in [0.5, 0.6) is 5.88 Å². The minimum absolute atomic E-state index is 0.0465. The maximum Gasteiger partial charge on any atom is 0.272 e. The summed E-state index contributed by atoms with van der Waals surface area (Å²) >= 11 is 0. The van der Waals surface area contributed by atoms with Crippen LogP contribution in [0.25, 0.3) is 0 Å². The summed E-state index contributed by atoms with van der Waals surface area (Å²) in [6.07, 6.45) is -1.31. The quantitative estimate of drug-likeness (QED) is 0.818. The molecule has 0 aliphatic carbocycles. The molecule has 0 aromatic carbocycles. The van der Waals surface area contributed by atoms with Crippen molar-refractivity contribution >= 4 is 5.91 Å². The van der Waals surface area contributed by atoms with Gasteiger partial charge in [-0.25, -0.2) is 13.8 Å². The normalized spacial score (nSPS) is 11.5. The first kappa shape index (κ1) is 15.3. The molecular weight excluding hydrogens is 258 g/mol. The monoisotopic (exact) mass is 274 g/mol. The fraction of sp³-hybridized carbons (Fsp3) is 0.500. The SMILES string of the molecule is CC(C)(CO)NC(=O)c1ccnc(OCC(F)F)c1. The van der Waals surface area contributed by atoms with E-state index >= 15 is 0 Å². The van der Waals surface area contributed by atoms with Gasteiger partial charge in [-0.05, 0) is 19.9 Å². The molecule has 2 N–H and O–H groups in total. The number of rotatable bonds is 6. The lowest BCUT2D eigenvalue weighted by Gasteiger charge is -2.23. The number of nitrogens with one attached hydrogen (secondary N) is 1. The van der Waals surface area contributed by atoms with Crippen molar-refractivity contribution in [3.05, 3.63) is 23.9 Å². The number of hydrogen-bond acceptors (Lipinski definition) is 4. The summed E-state index contributed by atoms with van der Waals surface area (Å²) < 4.78 is 28.7. The summed E-state index contributed by atoms with van der Waals surface area (Å²) in [6, 6.07) is 2.70. The lowest BCUT2D eigenvalue weighted by atomic mass is 10.1. The third kappa shape index (κ3) is 5.17. The maximum atomic E-state index is 12.0. The second kappa shape index (κ2) is 6.42. The number of alkyl halides is 2. The van der Waals surface area contributed by atoms with Crippen LogP contribution >= 0.6 is 0 Å². The van der Waals surface area contributed by atoms with E-state index in [9.17, 15) is 13.6 Å². The topological polar surface area (TPSA) is 71.5 Å². The number of carbonyl (C=O) groups is 1. The van der Waals surface area contributed by atoms with Crippen LogP contribution in [-0.2, 0) is 0 Å². The molecule has 0 atom stereocenters. The smallest absolute Gasteiger partial charge is 0.272 e. The molecule has 0 saturated heterocycles. The molecule has 1 aromatic rings. The number of amides is 1. The van der Waals surface area contributed by atoms with Crippen LogP contribution in [0.4, 0.5) is 8.78 Å². The van der Waals surface area contributed by atoms with Crippen molar-refractivity contribution in [3.63, 3.8) is 0 Å². The molecule has 19 heavy (non-hydrogen) atoms. The third-order valence-corrected chi connectivity index (χ3v) is 2.20. The number of aliphatic hydroxyl groups is 1. The molecule has 0 fully saturated rings. The highest BCUT2D eigenvalue weighted by Gasteiger charge is 2.20. The summed E-state index contributed by atoms with van der Waals surface area (Å²) in [4.78, 5) is 15.6. The van der Waals surface area contributed by atoms with Crippen LogP contribution in [0.3, 0.4) is 0 Å². The number of ether oxygens (including phenoxy) is 1. The molecule has 7 heteroatoms. The zero-order valence-corrected chi connectivity index (χ0v) is 10.7. The number of hydrogen-bond donors (Lipinski definition) is 2. The standard InChI is InChI=1S/C12H16F2N2O3/c1-12(2,7-17)16-11(18)8-3-4-15-10(5-8)19-6-9(13)14/h3-5,9,17H,6-7H2,1-2H3,(H,16,18). The van der Waals surface area contributed by atoms with Gasteiger partial charge >= 0.3 is 0 Å². The Morgan fingerprint density at radius 3 is 2.84 bits per heavy atom. The van der Waals surface area contributed by atoms with Crippen molar-refractivity contribution < 1.29 is 23.4 Å². The first-order valence-corrected chi connectivity index (χ1v) is 5.64. The number of halogens is 2. The molecule has 1 aromatic heterocycles. The van der Waals surface area contributed by atoms with Crippen molar-refractivity contribution in [2.75, 3.05) is 13.2 Å². The second-order valence-electron chi connectivity index (χ2n) is 4.58. The van der Waals surface area contributed by atoms with E-state index < -0.39 is 24.5 Å². The van der Waals surface area contributed by atoms with Gasteiger partial charge in [0.15, 0.2) is 6.61 Å². The summed E-state index contributed by atoms with van der Waals surface area (Å²) in [5, 5.41) is 11.6. The summed E-state index contributed by atoms with van der Waals surface area (Å²) in [5.74, 6) is -0.488. The van der Waals surface area contributed by atoms with Crippen LogP contribution in [0.2, 0.25) is 0 Å². The molecule has 0 aliphatic rings. The number of nitrogens with zero attached hydrogens (tertiary/aromatic N) is 1. The van der Waals surface area contributed by atoms with E-state index in [0.29, 0.717) is 0 Å². The second-order valence-corrected chi connectivity index (χ2v) is 4.58. The van der Waals surface area contributed by atoms with Crippen LogP contribution in [-0.4, -0.2) is 41.2 Å². The predicted molar refractivity (Wildman–Crippen MR) is 64.4 cm³/mol. The Kier molecular flexibility index (Phi) is 5.17. The zero-order chi connectivity index (χ0) is 14.5. The lowest BCUT2D eigenvalue weighted by Crippen LogP contribution is -2.46. The highest BCUT2D eigenvalue weighted by atomic mass is 19.3. The molecule has 1 heterocycles. The van der Waals surface area contributed by atoms with Crippen molar-refractivity contribution in [1.82, 2.24) is 10.3 Å². The molecule has 0 aliphatic heterocycles. The predicted octanol–water partition coefficient (Wildman–Crippen LogP) is 1.23. The molecule has 5 nitrogen and oxygen atoms in total. The Labute approximate surface area is 109 Å². The third-order valence-electron chi connectivity index (χ3n) is 2.20. The van der Waals surface area contributed by atoms with Gasteiger partial charge in [-0.3, -0.25) is 4.79 Å². The van der Waals surface area contributed by atoms with Crippen molar-refractivity contribution in [2.45, 2.75) is 25.8 Å². The van der Waals surface area contributed by atoms with Crippen molar-refractivity contribution in [3.8, 4) is 5.88 Å². The highest BCUT2D eigenvalue weighted by Crippen LogP contribution is 2.12. The molecule has 0 bridgehead atoms. The van der Waals surface area contributed by atoms with Gasteiger partial charge in [-0.15, -0.1) is 0 Å². The number of carbonyl (C=O) groups excluding carboxylic acids is 1. The fourth-order valence-electron chi connectivity index (χ4n) is 1.20. The first-order valence-electron chi connectivity index (χ1n) is 5.64. The minimum atomic E-state index is -2.60. The molecule has 0 saturated carbocycles. The zero-order valence-electron chi connectivity index (χ0n) is 10.7. The van der Waals surface area contributed by atoms with Crippen LogP contribution in [0, 0.1) is 0 Å². The van der Waals surface area contributed by atoms with Gasteiger partial charge in [0.1, 0.15) is 0 Å². The molecule has 106 valence electrons. The van der Waals surface area contributed by atoms with Gasteiger partial charge in [0.05, 0.1) is 12.1 Å². The maximum absolute atomic E-state index is 12.0. The Morgan fingerprint density at radius 1 is 1.58 bits per heavy atom. The lowest BCUT2D eigenvalue weighted by molar-refractivity contribution is 0.0793. The molecule has 1 rings (SSSR count). The molecule has 0 unspecified atom stereocenters. The van der Waals surface area contributed by atoms with Crippen molar-refractivity contribution in [1.29, 1.82) is 0 Å². The van der Waals surface area contributed by atoms with E-state index in [4.69, 9.17) is 9.84 Å². The van der Waals surface area contributed by atoms with Crippen LogP contribution in [0.15, 0.2) is 18.3 Å². The van der Waals surface area contributed by atoms with E-state index in [1.54, 1.807) is 13.8 Å². The van der Waals surface area contributed by atoms with Gasteiger partial charge in [0, 0.05) is 17.8 Å². The van der Waals surface area contributed by atoms with Crippen molar-refractivity contribution in [2.24, 2.45) is 0 Å².